The van der Waals surface area contributed by atoms with Crippen LogP contribution in [0.1, 0.15) is 6.42 Å². The number of ether oxygens (including phenoxy) is 1. The van der Waals surface area contributed by atoms with E-state index in [0.717, 1.165) is 25.2 Å². The average Bonchev–Trinajstić information content (AvgIpc) is 2.89. The van der Waals surface area contributed by atoms with Crippen molar-refractivity contribution >= 4 is 17.3 Å². The summed E-state index contributed by atoms with van der Waals surface area (Å²) in [7, 11) is 1.69. The van der Waals surface area contributed by atoms with Crippen LogP contribution in [0.2, 0.25) is 0 Å². The van der Waals surface area contributed by atoms with Gasteiger partial charge in [0.05, 0.1) is 30.6 Å². The molecule has 0 bridgehead atoms. The van der Waals surface area contributed by atoms with E-state index in [9.17, 15) is 4.79 Å². The van der Waals surface area contributed by atoms with Crippen LogP contribution in [-0.4, -0.2) is 41.5 Å². The lowest BCUT2D eigenvalue weighted by Gasteiger charge is -2.18. The molecule has 1 saturated heterocycles. The number of hydrogen-bond donors (Lipinski definition) is 0. The fourth-order valence-corrected chi connectivity index (χ4v) is 2.21. The molecule has 2 rings (SSSR count). The van der Waals surface area contributed by atoms with Crippen molar-refractivity contribution in [1.82, 2.24) is 9.78 Å². The molecule has 19 heavy (non-hydrogen) atoms. The van der Waals surface area contributed by atoms with E-state index in [1.165, 1.54) is 10.7 Å². The molecule has 2 unspecified atom stereocenters. The summed E-state index contributed by atoms with van der Waals surface area (Å²) in [5.74, 6) is 0. The Hall–Kier alpha value is -1.58. The van der Waals surface area contributed by atoms with E-state index in [-0.39, 0.29) is 18.2 Å². The molecule has 0 aliphatic carbocycles. The SMILES string of the molecule is COC1CCN(c2cnn(CC(Cl)C#N)c(=O)c2)C1. The molecule has 0 amide bonds. The van der Waals surface area contributed by atoms with Gasteiger partial charge in [-0.25, -0.2) is 4.68 Å². The van der Waals surface area contributed by atoms with E-state index in [0.29, 0.717) is 0 Å². The van der Waals surface area contributed by atoms with E-state index >= 15 is 0 Å². The number of anilines is 1. The molecular weight excluding hydrogens is 268 g/mol. The van der Waals surface area contributed by atoms with Crippen LogP contribution < -0.4 is 10.5 Å². The molecule has 0 N–H and O–H groups in total. The van der Waals surface area contributed by atoms with Crippen molar-refractivity contribution in [3.63, 3.8) is 0 Å². The predicted octanol–water partition coefficient (Wildman–Crippen LogP) is 0.599. The maximum Gasteiger partial charge on any atom is 0.268 e. The number of nitrogens with zero attached hydrogens (tertiary/aromatic N) is 4. The maximum absolute atomic E-state index is 11.9. The van der Waals surface area contributed by atoms with Crippen molar-refractivity contribution in [1.29, 1.82) is 5.26 Å². The molecule has 0 aromatic carbocycles. The second-order valence-electron chi connectivity index (χ2n) is 4.42. The second-order valence-corrected chi connectivity index (χ2v) is 4.95. The maximum atomic E-state index is 11.9. The zero-order valence-electron chi connectivity index (χ0n) is 10.6. The summed E-state index contributed by atoms with van der Waals surface area (Å²) >= 11 is 5.69. The summed E-state index contributed by atoms with van der Waals surface area (Å²) in [4.78, 5) is 13.9. The molecule has 0 spiro atoms. The number of methoxy groups -OCH3 is 1. The quantitative estimate of drug-likeness (QED) is 0.756. The summed E-state index contributed by atoms with van der Waals surface area (Å²) in [5.41, 5.74) is 0.531. The number of aromatic nitrogens is 2. The minimum absolute atomic E-state index is 0.0951. The van der Waals surface area contributed by atoms with E-state index in [1.54, 1.807) is 13.3 Å². The summed E-state index contributed by atoms with van der Waals surface area (Å²) in [6.45, 7) is 1.70. The van der Waals surface area contributed by atoms with E-state index < -0.39 is 5.38 Å². The lowest BCUT2D eigenvalue weighted by atomic mass is 10.3. The zero-order chi connectivity index (χ0) is 13.8. The first-order valence-electron chi connectivity index (χ1n) is 6.02. The largest absolute Gasteiger partial charge is 0.380 e. The van der Waals surface area contributed by atoms with Crippen molar-refractivity contribution in [2.24, 2.45) is 0 Å². The fourth-order valence-electron chi connectivity index (χ4n) is 2.08. The van der Waals surface area contributed by atoms with Gasteiger partial charge in [-0.1, -0.05) is 0 Å². The highest BCUT2D eigenvalue weighted by Gasteiger charge is 2.23. The van der Waals surface area contributed by atoms with Crippen LogP contribution in [0, 0.1) is 11.3 Å². The van der Waals surface area contributed by atoms with Crippen LogP contribution in [0.5, 0.6) is 0 Å². The molecule has 1 aromatic heterocycles. The monoisotopic (exact) mass is 282 g/mol. The van der Waals surface area contributed by atoms with E-state index in [4.69, 9.17) is 21.6 Å². The molecule has 1 aromatic rings. The predicted molar refractivity (Wildman–Crippen MR) is 71.4 cm³/mol. The van der Waals surface area contributed by atoms with E-state index in [2.05, 4.69) is 10.00 Å². The summed E-state index contributed by atoms with van der Waals surface area (Å²) in [5, 5.41) is 11.9. The Morgan fingerprint density at radius 2 is 2.53 bits per heavy atom. The first kappa shape index (κ1) is 13.8. The Morgan fingerprint density at radius 1 is 1.74 bits per heavy atom. The first-order chi connectivity index (χ1) is 9.13. The Balaban J connectivity index is 2.11. The third kappa shape index (κ3) is 3.25. The first-order valence-corrected chi connectivity index (χ1v) is 6.46. The minimum atomic E-state index is -0.749. The smallest absolute Gasteiger partial charge is 0.268 e. The van der Waals surface area contributed by atoms with Crippen molar-refractivity contribution < 1.29 is 4.74 Å². The van der Waals surface area contributed by atoms with Gasteiger partial charge in [0.1, 0.15) is 5.38 Å². The highest BCUT2D eigenvalue weighted by Crippen LogP contribution is 2.19. The Kier molecular flexibility index (Phi) is 4.40. The van der Waals surface area contributed by atoms with Crippen LogP contribution >= 0.6 is 11.6 Å². The average molecular weight is 283 g/mol. The highest BCUT2D eigenvalue weighted by atomic mass is 35.5. The van der Waals surface area contributed by atoms with E-state index in [1.807, 2.05) is 6.07 Å². The summed E-state index contributed by atoms with van der Waals surface area (Å²) < 4.78 is 6.49. The molecule has 2 heterocycles. The summed E-state index contributed by atoms with van der Waals surface area (Å²) in [6, 6.07) is 3.38. The molecule has 2 atom stereocenters. The molecular formula is C12H15ClN4O2. The standard InChI is InChI=1S/C12H15ClN4O2/c1-19-11-2-3-16(8-11)10-4-12(18)17(15-6-10)7-9(13)5-14/h4,6,9,11H,2-3,7-8H2,1H3. The van der Waals surface area contributed by atoms with Gasteiger partial charge in [-0.3, -0.25) is 4.79 Å². The lowest BCUT2D eigenvalue weighted by molar-refractivity contribution is 0.121. The van der Waals surface area contributed by atoms with Gasteiger partial charge in [0.15, 0.2) is 0 Å². The molecule has 0 saturated carbocycles. The topological polar surface area (TPSA) is 71.2 Å². The lowest BCUT2D eigenvalue weighted by Crippen LogP contribution is -2.29. The zero-order valence-corrected chi connectivity index (χ0v) is 11.4. The van der Waals surface area contributed by atoms with Crippen LogP contribution in [-0.2, 0) is 11.3 Å². The third-order valence-electron chi connectivity index (χ3n) is 3.17. The minimum Gasteiger partial charge on any atom is -0.380 e. The van der Waals surface area contributed by atoms with Gasteiger partial charge >= 0.3 is 0 Å². The van der Waals surface area contributed by atoms with Crippen molar-refractivity contribution in [3.8, 4) is 6.07 Å². The van der Waals surface area contributed by atoms with Crippen molar-refractivity contribution in [2.45, 2.75) is 24.4 Å². The molecule has 1 fully saturated rings. The van der Waals surface area contributed by atoms with Crippen LogP contribution in [0.15, 0.2) is 17.1 Å². The van der Waals surface area contributed by atoms with Gasteiger partial charge in [0.2, 0.25) is 0 Å². The number of rotatable bonds is 4. The van der Waals surface area contributed by atoms with Gasteiger partial charge < -0.3 is 9.64 Å². The van der Waals surface area contributed by atoms with Gasteiger partial charge in [0.25, 0.3) is 5.56 Å². The van der Waals surface area contributed by atoms with Gasteiger partial charge in [-0.2, -0.15) is 10.4 Å². The number of hydrogen-bond acceptors (Lipinski definition) is 5. The fraction of sp³-hybridized carbons (Fsp3) is 0.583. The highest BCUT2D eigenvalue weighted by molar-refractivity contribution is 6.22. The molecule has 7 heteroatoms. The second kappa shape index (κ2) is 6.04. The van der Waals surface area contributed by atoms with Crippen molar-refractivity contribution in [3.05, 3.63) is 22.6 Å². The third-order valence-corrected chi connectivity index (χ3v) is 3.41. The molecule has 1 aliphatic heterocycles. The Morgan fingerprint density at radius 3 is 3.11 bits per heavy atom. The van der Waals surface area contributed by atoms with Crippen LogP contribution in [0.3, 0.4) is 0 Å². The molecule has 6 nitrogen and oxygen atoms in total. The molecule has 0 radical (unpaired) electrons. The summed E-state index contributed by atoms with van der Waals surface area (Å²) in [6.07, 6.45) is 2.77. The van der Waals surface area contributed by atoms with Gasteiger partial charge in [-0.05, 0) is 6.42 Å². The molecule has 1 aliphatic rings. The number of alkyl halides is 1. The van der Waals surface area contributed by atoms with Gasteiger partial charge in [-0.15, -0.1) is 11.6 Å². The molecule has 102 valence electrons. The van der Waals surface area contributed by atoms with Gasteiger partial charge in [0, 0.05) is 26.3 Å². The Labute approximate surface area is 116 Å². The number of nitriles is 1. The van der Waals surface area contributed by atoms with Crippen LogP contribution in [0.25, 0.3) is 0 Å². The normalized spacial score (nSPS) is 20.3. The number of halogens is 1. The van der Waals surface area contributed by atoms with Crippen LogP contribution in [0.4, 0.5) is 5.69 Å². The van der Waals surface area contributed by atoms with Crippen molar-refractivity contribution in [2.75, 3.05) is 25.1 Å². The Bertz CT molecular complexity index is 539.